The Morgan fingerprint density at radius 1 is 1.73 bits per heavy atom. The van der Waals surface area contributed by atoms with Crippen molar-refractivity contribution in [2.75, 3.05) is 6.61 Å². The van der Waals surface area contributed by atoms with Gasteiger partial charge in [-0.05, 0) is 40.2 Å². The largest absolute Gasteiger partial charge is 0.378 e. The van der Waals surface area contributed by atoms with Crippen LogP contribution in [0.2, 0.25) is 0 Å². The molecule has 1 aliphatic heterocycles. The van der Waals surface area contributed by atoms with Crippen LogP contribution < -0.4 is 5.73 Å². The van der Waals surface area contributed by atoms with Crippen molar-refractivity contribution >= 4 is 27.3 Å². The maximum Gasteiger partial charge on any atom is 0.0619 e. The fraction of sp³-hybridized carbons (Fsp3) is 0.636. The molecule has 0 aromatic carbocycles. The Hall–Kier alpha value is 0.100. The highest BCUT2D eigenvalue weighted by Gasteiger charge is 2.33. The van der Waals surface area contributed by atoms with Gasteiger partial charge in [-0.15, -0.1) is 11.3 Å². The molecule has 0 amide bonds. The molecule has 15 heavy (non-hydrogen) atoms. The van der Waals surface area contributed by atoms with Gasteiger partial charge in [0.15, 0.2) is 0 Å². The first kappa shape index (κ1) is 11.6. The van der Waals surface area contributed by atoms with Gasteiger partial charge < -0.3 is 10.5 Å². The van der Waals surface area contributed by atoms with Crippen molar-refractivity contribution in [3.05, 3.63) is 20.8 Å². The van der Waals surface area contributed by atoms with Gasteiger partial charge in [-0.25, -0.2) is 0 Å². The Bertz CT molecular complexity index is 328. The minimum absolute atomic E-state index is 0.117. The fourth-order valence-electron chi connectivity index (χ4n) is 2.23. The average Bonchev–Trinajstić information content (AvgIpc) is 2.84. The first-order chi connectivity index (χ1) is 7.24. The Morgan fingerprint density at radius 2 is 2.53 bits per heavy atom. The first-order valence-corrected chi connectivity index (χ1v) is 7.01. The fourth-order valence-corrected chi connectivity index (χ4v) is 3.95. The molecule has 1 aromatic rings. The molecule has 1 saturated heterocycles. The zero-order valence-corrected chi connectivity index (χ0v) is 11.2. The molecule has 1 aromatic heterocycles. The predicted octanol–water partition coefficient (Wildman–Crippen LogP) is 3.33. The lowest BCUT2D eigenvalue weighted by atomic mass is 9.91. The van der Waals surface area contributed by atoms with Gasteiger partial charge in [-0.1, -0.05) is 6.92 Å². The molecule has 2 N–H and O–H groups in total. The van der Waals surface area contributed by atoms with Crippen molar-refractivity contribution in [2.24, 2.45) is 11.7 Å². The molecule has 4 heteroatoms. The molecule has 0 aliphatic carbocycles. The topological polar surface area (TPSA) is 35.2 Å². The van der Waals surface area contributed by atoms with Crippen LogP contribution in [0.15, 0.2) is 15.9 Å². The summed E-state index contributed by atoms with van der Waals surface area (Å²) in [5, 5.41) is 2.08. The average molecular weight is 290 g/mol. The molecule has 2 nitrogen and oxygen atoms in total. The van der Waals surface area contributed by atoms with Crippen LogP contribution in [0.1, 0.15) is 30.7 Å². The van der Waals surface area contributed by atoms with Crippen molar-refractivity contribution in [3.63, 3.8) is 0 Å². The summed E-state index contributed by atoms with van der Waals surface area (Å²) in [6, 6.07) is 2.18. The molecular weight excluding hydrogens is 274 g/mol. The van der Waals surface area contributed by atoms with Gasteiger partial charge in [0.2, 0.25) is 0 Å². The highest BCUT2D eigenvalue weighted by atomic mass is 79.9. The second kappa shape index (κ2) is 4.95. The van der Waals surface area contributed by atoms with E-state index in [9.17, 15) is 0 Å². The van der Waals surface area contributed by atoms with Gasteiger partial charge in [0.05, 0.1) is 6.10 Å². The minimum Gasteiger partial charge on any atom is -0.378 e. The Balaban J connectivity index is 2.13. The van der Waals surface area contributed by atoms with E-state index in [0.29, 0.717) is 12.0 Å². The summed E-state index contributed by atoms with van der Waals surface area (Å²) in [5.74, 6) is 0.477. The van der Waals surface area contributed by atoms with E-state index in [2.05, 4.69) is 34.3 Å². The van der Waals surface area contributed by atoms with Gasteiger partial charge in [0, 0.05) is 27.9 Å². The Labute approximate surface area is 103 Å². The van der Waals surface area contributed by atoms with Crippen LogP contribution in [0, 0.1) is 5.92 Å². The third-order valence-corrected chi connectivity index (χ3v) is 5.04. The van der Waals surface area contributed by atoms with Crippen LogP contribution in [0.4, 0.5) is 0 Å². The van der Waals surface area contributed by atoms with Crippen molar-refractivity contribution in [3.8, 4) is 0 Å². The van der Waals surface area contributed by atoms with E-state index < -0.39 is 0 Å². The van der Waals surface area contributed by atoms with E-state index in [4.69, 9.17) is 10.5 Å². The number of ether oxygens (including phenoxy) is 1. The van der Waals surface area contributed by atoms with E-state index in [1.54, 1.807) is 11.3 Å². The summed E-state index contributed by atoms with van der Waals surface area (Å²) < 4.78 is 6.82. The van der Waals surface area contributed by atoms with Crippen LogP contribution in [0.25, 0.3) is 0 Å². The van der Waals surface area contributed by atoms with Crippen molar-refractivity contribution in [1.29, 1.82) is 0 Å². The summed E-state index contributed by atoms with van der Waals surface area (Å²) in [4.78, 5) is 1.25. The lowest BCUT2D eigenvalue weighted by Gasteiger charge is -2.23. The van der Waals surface area contributed by atoms with Gasteiger partial charge in [0.25, 0.3) is 0 Å². The van der Waals surface area contributed by atoms with E-state index in [0.717, 1.165) is 23.9 Å². The third kappa shape index (κ3) is 2.28. The lowest BCUT2D eigenvalue weighted by molar-refractivity contribution is 0.0816. The molecule has 84 valence electrons. The third-order valence-electron chi connectivity index (χ3n) is 3.07. The summed E-state index contributed by atoms with van der Waals surface area (Å²) in [6.45, 7) is 3.03. The maximum atomic E-state index is 6.31. The molecule has 0 saturated carbocycles. The number of thiophene rings is 1. The molecule has 3 atom stereocenters. The van der Waals surface area contributed by atoms with Crippen LogP contribution in [-0.2, 0) is 4.74 Å². The van der Waals surface area contributed by atoms with E-state index in [1.165, 1.54) is 4.88 Å². The number of halogens is 1. The van der Waals surface area contributed by atoms with Crippen LogP contribution in [0.5, 0.6) is 0 Å². The van der Waals surface area contributed by atoms with Crippen LogP contribution >= 0.6 is 27.3 Å². The van der Waals surface area contributed by atoms with Crippen molar-refractivity contribution < 1.29 is 4.74 Å². The molecule has 0 radical (unpaired) electrons. The van der Waals surface area contributed by atoms with Gasteiger partial charge >= 0.3 is 0 Å². The standard InChI is InChI=1S/C11H16BrNOS/c1-2-9-7(3-5-14-9)10(13)11-8(12)4-6-15-11/h4,6-7,9-10H,2-3,5,13H2,1H3. The predicted molar refractivity (Wildman–Crippen MR) is 67.1 cm³/mol. The molecular formula is C11H16BrNOS. The minimum atomic E-state index is 0.117. The highest BCUT2D eigenvalue weighted by molar-refractivity contribution is 9.10. The summed E-state index contributed by atoms with van der Waals surface area (Å²) in [7, 11) is 0. The normalized spacial score (nSPS) is 28.2. The quantitative estimate of drug-likeness (QED) is 0.926. The zero-order valence-electron chi connectivity index (χ0n) is 8.78. The summed E-state index contributed by atoms with van der Waals surface area (Å²) in [6.07, 6.45) is 2.49. The van der Waals surface area contributed by atoms with E-state index >= 15 is 0 Å². The van der Waals surface area contributed by atoms with Gasteiger partial charge in [-0.3, -0.25) is 0 Å². The van der Waals surface area contributed by atoms with Gasteiger partial charge in [-0.2, -0.15) is 0 Å². The number of hydrogen-bond acceptors (Lipinski definition) is 3. The van der Waals surface area contributed by atoms with E-state index in [-0.39, 0.29) is 6.04 Å². The molecule has 2 rings (SSSR count). The molecule has 0 bridgehead atoms. The van der Waals surface area contributed by atoms with E-state index in [1.807, 2.05) is 0 Å². The molecule has 1 fully saturated rings. The monoisotopic (exact) mass is 289 g/mol. The van der Waals surface area contributed by atoms with Crippen molar-refractivity contribution in [2.45, 2.75) is 31.9 Å². The van der Waals surface area contributed by atoms with Crippen molar-refractivity contribution in [1.82, 2.24) is 0 Å². The second-order valence-corrected chi connectivity index (χ2v) is 5.73. The lowest BCUT2D eigenvalue weighted by Crippen LogP contribution is -2.27. The smallest absolute Gasteiger partial charge is 0.0619 e. The summed E-state index contributed by atoms with van der Waals surface area (Å²) in [5.41, 5.74) is 6.31. The molecule has 0 spiro atoms. The number of hydrogen-bond donors (Lipinski definition) is 1. The van der Waals surface area contributed by atoms with Gasteiger partial charge in [0.1, 0.15) is 0 Å². The maximum absolute atomic E-state index is 6.31. The SMILES string of the molecule is CCC1OCCC1C(N)c1sccc1Br. The van der Waals surface area contributed by atoms with Crippen LogP contribution in [-0.4, -0.2) is 12.7 Å². The number of nitrogens with two attached hydrogens (primary N) is 1. The zero-order chi connectivity index (χ0) is 10.8. The second-order valence-electron chi connectivity index (χ2n) is 3.93. The first-order valence-electron chi connectivity index (χ1n) is 5.34. The molecule has 1 aliphatic rings. The Morgan fingerprint density at radius 3 is 3.13 bits per heavy atom. The van der Waals surface area contributed by atoms with Crippen LogP contribution in [0.3, 0.4) is 0 Å². The Kier molecular flexibility index (Phi) is 3.83. The highest BCUT2D eigenvalue weighted by Crippen LogP contribution is 2.38. The summed E-state index contributed by atoms with van der Waals surface area (Å²) >= 11 is 5.28. The molecule has 3 unspecified atom stereocenters. The number of rotatable bonds is 3. The molecule has 2 heterocycles.